The van der Waals surface area contributed by atoms with E-state index < -0.39 is 24.1 Å². The molecule has 2 atom stereocenters. The molecule has 0 amide bonds. The van der Waals surface area contributed by atoms with E-state index in [-0.39, 0.29) is 19.0 Å². The van der Waals surface area contributed by atoms with E-state index in [2.05, 4.69) is 4.90 Å². The molecule has 0 spiro atoms. The van der Waals surface area contributed by atoms with Gasteiger partial charge in [0.15, 0.2) is 5.41 Å². The Balaban J connectivity index is 2.11. The van der Waals surface area contributed by atoms with Crippen molar-refractivity contribution >= 4 is 5.97 Å². The Labute approximate surface area is 110 Å². The number of hydrogen-bond donors (Lipinski definition) is 1. The zero-order chi connectivity index (χ0) is 14.3. The van der Waals surface area contributed by atoms with Crippen LogP contribution in [-0.4, -0.2) is 66.3 Å². The Kier molecular flexibility index (Phi) is 3.79. The van der Waals surface area contributed by atoms with E-state index in [0.29, 0.717) is 6.54 Å². The molecule has 0 aromatic rings. The summed E-state index contributed by atoms with van der Waals surface area (Å²) in [5.41, 5.74) is -2.58. The first kappa shape index (κ1) is 14.6. The SMILES string of the molecule is CN1CCCC(N2CCC(C(=O)O)(C(F)(F)F)C2)C1. The first-order valence-corrected chi connectivity index (χ1v) is 6.49. The zero-order valence-electron chi connectivity index (χ0n) is 10.9. The van der Waals surface area contributed by atoms with Crippen molar-refractivity contribution in [2.24, 2.45) is 5.41 Å². The van der Waals surface area contributed by atoms with Crippen LogP contribution in [0.3, 0.4) is 0 Å². The molecular weight excluding hydrogens is 261 g/mol. The maximum Gasteiger partial charge on any atom is 0.406 e. The molecule has 2 heterocycles. The fourth-order valence-corrected chi connectivity index (χ4v) is 3.12. The summed E-state index contributed by atoms with van der Waals surface area (Å²) >= 11 is 0. The average Bonchev–Trinajstić information content (AvgIpc) is 2.74. The maximum absolute atomic E-state index is 13.1. The number of carbonyl (C=O) groups is 1. The number of rotatable bonds is 2. The van der Waals surface area contributed by atoms with Gasteiger partial charge in [-0.05, 0) is 32.9 Å². The van der Waals surface area contributed by atoms with Crippen LogP contribution in [0.5, 0.6) is 0 Å². The smallest absolute Gasteiger partial charge is 0.406 e. The third kappa shape index (κ3) is 2.58. The van der Waals surface area contributed by atoms with E-state index in [1.165, 1.54) is 0 Å². The predicted molar refractivity (Wildman–Crippen MR) is 62.8 cm³/mol. The van der Waals surface area contributed by atoms with E-state index in [1.807, 2.05) is 7.05 Å². The van der Waals surface area contributed by atoms with Gasteiger partial charge in [0, 0.05) is 25.7 Å². The van der Waals surface area contributed by atoms with Crippen LogP contribution in [0.15, 0.2) is 0 Å². The minimum atomic E-state index is -4.69. The average molecular weight is 280 g/mol. The summed E-state index contributed by atoms with van der Waals surface area (Å²) in [5.74, 6) is -1.74. The van der Waals surface area contributed by atoms with Gasteiger partial charge in [-0.3, -0.25) is 9.69 Å². The molecule has 2 aliphatic heterocycles. The van der Waals surface area contributed by atoms with E-state index in [4.69, 9.17) is 5.11 Å². The van der Waals surface area contributed by atoms with Gasteiger partial charge in [0.1, 0.15) is 0 Å². The number of halogens is 3. The molecule has 19 heavy (non-hydrogen) atoms. The van der Waals surface area contributed by atoms with Crippen molar-refractivity contribution in [1.29, 1.82) is 0 Å². The third-order valence-corrected chi connectivity index (χ3v) is 4.37. The molecular formula is C12H19F3N2O2. The lowest BCUT2D eigenvalue weighted by molar-refractivity contribution is -0.228. The van der Waals surface area contributed by atoms with Gasteiger partial charge < -0.3 is 10.0 Å². The van der Waals surface area contributed by atoms with Crippen molar-refractivity contribution in [3.8, 4) is 0 Å². The number of nitrogens with zero attached hydrogens (tertiary/aromatic N) is 2. The highest BCUT2D eigenvalue weighted by atomic mass is 19.4. The quantitative estimate of drug-likeness (QED) is 0.831. The summed E-state index contributed by atoms with van der Waals surface area (Å²) in [6, 6.07) is 0.0438. The second-order valence-electron chi connectivity index (χ2n) is 5.66. The molecule has 4 nitrogen and oxygen atoms in total. The maximum atomic E-state index is 13.1. The van der Waals surface area contributed by atoms with Gasteiger partial charge in [-0.15, -0.1) is 0 Å². The zero-order valence-corrected chi connectivity index (χ0v) is 10.9. The predicted octanol–water partition coefficient (Wildman–Crippen LogP) is 1.42. The van der Waals surface area contributed by atoms with Crippen LogP contribution in [0.1, 0.15) is 19.3 Å². The molecule has 110 valence electrons. The molecule has 0 aromatic heterocycles. The van der Waals surface area contributed by atoms with Crippen LogP contribution >= 0.6 is 0 Å². The molecule has 0 aliphatic carbocycles. The molecule has 0 aromatic carbocycles. The minimum Gasteiger partial charge on any atom is -0.481 e. The van der Waals surface area contributed by atoms with Crippen molar-refractivity contribution in [3.63, 3.8) is 0 Å². The summed E-state index contributed by atoms with van der Waals surface area (Å²) in [4.78, 5) is 14.9. The Bertz CT molecular complexity index is 361. The van der Waals surface area contributed by atoms with Crippen molar-refractivity contribution in [1.82, 2.24) is 9.80 Å². The summed E-state index contributed by atoms with van der Waals surface area (Å²) in [6.45, 7) is 1.47. The fourth-order valence-electron chi connectivity index (χ4n) is 3.12. The second kappa shape index (κ2) is 4.94. The third-order valence-electron chi connectivity index (χ3n) is 4.37. The van der Waals surface area contributed by atoms with Crippen LogP contribution in [0.2, 0.25) is 0 Å². The van der Waals surface area contributed by atoms with E-state index >= 15 is 0 Å². The van der Waals surface area contributed by atoms with Gasteiger partial charge in [-0.2, -0.15) is 13.2 Å². The van der Waals surface area contributed by atoms with E-state index in [9.17, 15) is 18.0 Å². The molecule has 1 N–H and O–H groups in total. The van der Waals surface area contributed by atoms with Crippen LogP contribution in [0, 0.1) is 5.41 Å². The van der Waals surface area contributed by atoms with Crippen molar-refractivity contribution in [3.05, 3.63) is 0 Å². The Hall–Kier alpha value is -0.820. The number of piperidine rings is 1. The molecule has 2 fully saturated rings. The van der Waals surface area contributed by atoms with Crippen LogP contribution < -0.4 is 0 Å². The Morgan fingerprint density at radius 3 is 2.53 bits per heavy atom. The number of alkyl halides is 3. The molecule has 2 rings (SSSR count). The first-order chi connectivity index (χ1) is 8.76. The summed E-state index contributed by atoms with van der Waals surface area (Å²) < 4.78 is 39.2. The van der Waals surface area contributed by atoms with Gasteiger partial charge in [-0.25, -0.2) is 0 Å². The fraction of sp³-hybridized carbons (Fsp3) is 0.917. The molecule has 2 aliphatic rings. The van der Waals surface area contributed by atoms with Crippen molar-refractivity contribution < 1.29 is 23.1 Å². The molecule has 2 unspecified atom stereocenters. The number of carboxylic acid groups (broad SMARTS) is 1. The lowest BCUT2D eigenvalue weighted by Gasteiger charge is -2.36. The number of aliphatic carboxylic acids is 1. The van der Waals surface area contributed by atoms with Gasteiger partial charge in [0.05, 0.1) is 0 Å². The monoisotopic (exact) mass is 280 g/mol. The summed E-state index contributed by atoms with van der Waals surface area (Å²) in [7, 11) is 1.94. The van der Waals surface area contributed by atoms with Crippen molar-refractivity contribution in [2.75, 3.05) is 33.2 Å². The highest BCUT2D eigenvalue weighted by Crippen LogP contribution is 2.46. The summed E-state index contributed by atoms with van der Waals surface area (Å²) in [6.07, 6.45) is -3.23. The molecule has 0 radical (unpaired) electrons. The second-order valence-corrected chi connectivity index (χ2v) is 5.66. The lowest BCUT2D eigenvalue weighted by Crippen LogP contribution is -2.50. The Morgan fingerprint density at radius 1 is 1.37 bits per heavy atom. The standard InChI is InChI=1S/C12H19F3N2O2/c1-16-5-2-3-9(7-16)17-6-4-11(8-17,10(18)19)12(13,14)15/h9H,2-8H2,1H3,(H,18,19). The topological polar surface area (TPSA) is 43.8 Å². The number of hydrogen-bond acceptors (Lipinski definition) is 3. The number of likely N-dealkylation sites (N-methyl/N-ethyl adjacent to an activating group) is 1. The van der Waals surface area contributed by atoms with E-state index in [0.717, 1.165) is 19.4 Å². The van der Waals surface area contributed by atoms with Gasteiger partial charge in [-0.1, -0.05) is 0 Å². The summed E-state index contributed by atoms with van der Waals surface area (Å²) in [5, 5.41) is 9.01. The number of carboxylic acids is 1. The lowest BCUT2D eigenvalue weighted by atomic mass is 9.86. The highest BCUT2D eigenvalue weighted by molar-refractivity contribution is 5.76. The first-order valence-electron chi connectivity index (χ1n) is 6.49. The Morgan fingerprint density at radius 2 is 2.05 bits per heavy atom. The normalized spacial score (nSPS) is 34.6. The largest absolute Gasteiger partial charge is 0.481 e. The van der Waals surface area contributed by atoms with Crippen molar-refractivity contribution in [2.45, 2.75) is 31.5 Å². The van der Waals surface area contributed by atoms with Gasteiger partial charge in [0.2, 0.25) is 0 Å². The van der Waals surface area contributed by atoms with E-state index in [1.54, 1.807) is 4.90 Å². The molecule has 0 bridgehead atoms. The highest BCUT2D eigenvalue weighted by Gasteiger charge is 2.64. The minimum absolute atomic E-state index is 0.0438. The van der Waals surface area contributed by atoms with Gasteiger partial charge >= 0.3 is 12.1 Å². The molecule has 2 saturated heterocycles. The van der Waals surface area contributed by atoms with Crippen LogP contribution in [-0.2, 0) is 4.79 Å². The van der Waals surface area contributed by atoms with Gasteiger partial charge in [0.25, 0.3) is 0 Å². The van der Waals surface area contributed by atoms with Crippen LogP contribution in [0.25, 0.3) is 0 Å². The number of likely N-dealkylation sites (tertiary alicyclic amines) is 2. The molecule has 0 saturated carbocycles. The molecule has 7 heteroatoms. The van der Waals surface area contributed by atoms with Crippen LogP contribution in [0.4, 0.5) is 13.2 Å².